The average molecular weight is 364 g/mol. The van der Waals surface area contributed by atoms with Crippen molar-refractivity contribution in [1.82, 2.24) is 0 Å². The molecule has 0 amide bonds. The van der Waals surface area contributed by atoms with Crippen LogP contribution in [0.1, 0.15) is 0 Å². The Balaban J connectivity index is 2.10. The summed E-state index contributed by atoms with van der Waals surface area (Å²) in [6, 6.07) is 16.8. The molecular formula is C17H13BrClP. The van der Waals surface area contributed by atoms with Crippen LogP contribution in [-0.4, -0.2) is 5.66 Å². The van der Waals surface area contributed by atoms with E-state index in [2.05, 4.69) is 76.6 Å². The van der Waals surface area contributed by atoms with Crippen molar-refractivity contribution < 1.29 is 0 Å². The lowest BCUT2D eigenvalue weighted by Crippen LogP contribution is -2.19. The second-order valence-electron chi connectivity index (χ2n) is 4.56. The Bertz CT molecular complexity index is 652. The van der Waals surface area contributed by atoms with Crippen LogP contribution in [0.15, 0.2) is 77.3 Å². The minimum absolute atomic E-state index is 0.449. The maximum absolute atomic E-state index is 6.08. The zero-order valence-electron chi connectivity index (χ0n) is 10.7. The average Bonchev–Trinajstić information content (AvgIpc) is 2.97. The maximum Gasteiger partial charge on any atom is 0.0417 e. The van der Waals surface area contributed by atoms with Crippen LogP contribution in [0.3, 0.4) is 0 Å². The van der Waals surface area contributed by atoms with Gasteiger partial charge in [-0.3, -0.25) is 0 Å². The topological polar surface area (TPSA) is 0 Å². The van der Waals surface area contributed by atoms with Crippen LogP contribution in [0.2, 0.25) is 5.02 Å². The third-order valence-electron chi connectivity index (χ3n) is 3.23. The molecule has 2 aromatic rings. The van der Waals surface area contributed by atoms with E-state index in [1.54, 1.807) is 0 Å². The molecule has 0 aliphatic heterocycles. The van der Waals surface area contributed by atoms with Gasteiger partial charge in [0.15, 0.2) is 0 Å². The van der Waals surface area contributed by atoms with Gasteiger partial charge < -0.3 is 0 Å². The first-order valence-electron chi connectivity index (χ1n) is 6.40. The molecule has 3 rings (SSSR count). The monoisotopic (exact) mass is 362 g/mol. The number of rotatable bonds is 3. The summed E-state index contributed by atoms with van der Waals surface area (Å²) in [4.78, 5) is 0. The van der Waals surface area contributed by atoms with Gasteiger partial charge in [-0.05, 0) is 30.7 Å². The molecule has 0 saturated heterocycles. The summed E-state index contributed by atoms with van der Waals surface area (Å²) in [5, 5.41) is 3.48. The molecule has 2 aromatic carbocycles. The van der Waals surface area contributed by atoms with Crippen LogP contribution in [0.5, 0.6) is 0 Å². The number of benzene rings is 2. The number of allylic oxidation sites excluding steroid dienone is 4. The van der Waals surface area contributed by atoms with E-state index >= 15 is 0 Å². The summed E-state index contributed by atoms with van der Waals surface area (Å²) in [7, 11) is -0.464. The lowest BCUT2D eigenvalue weighted by molar-refractivity contribution is 1.44. The Morgan fingerprint density at radius 1 is 0.950 bits per heavy atom. The molecule has 0 fully saturated rings. The highest BCUT2D eigenvalue weighted by molar-refractivity contribution is 9.10. The number of hydrogen-bond acceptors (Lipinski definition) is 0. The molecule has 0 nitrogen and oxygen atoms in total. The van der Waals surface area contributed by atoms with Crippen molar-refractivity contribution in [2.75, 3.05) is 0 Å². The van der Waals surface area contributed by atoms with Crippen molar-refractivity contribution in [3.63, 3.8) is 0 Å². The third-order valence-corrected chi connectivity index (χ3v) is 7.13. The first-order chi connectivity index (χ1) is 9.75. The number of halogens is 2. The molecule has 1 atom stereocenters. The Hall–Kier alpha value is -0.880. The summed E-state index contributed by atoms with van der Waals surface area (Å²) in [6.45, 7) is 0. The quantitative estimate of drug-likeness (QED) is 0.671. The van der Waals surface area contributed by atoms with Crippen molar-refractivity contribution in [2.24, 2.45) is 0 Å². The summed E-state index contributed by atoms with van der Waals surface area (Å²) in [6.07, 6.45) is 8.82. The third kappa shape index (κ3) is 2.91. The molecule has 0 heterocycles. The van der Waals surface area contributed by atoms with Crippen molar-refractivity contribution in [1.29, 1.82) is 0 Å². The van der Waals surface area contributed by atoms with Gasteiger partial charge >= 0.3 is 0 Å². The zero-order valence-corrected chi connectivity index (χ0v) is 13.9. The molecule has 0 N–H and O–H groups in total. The van der Waals surface area contributed by atoms with Gasteiger partial charge in [-0.25, -0.2) is 0 Å². The molecule has 1 aliphatic rings. The first kappa shape index (κ1) is 14.1. The Kier molecular flexibility index (Phi) is 4.41. The zero-order chi connectivity index (χ0) is 13.9. The van der Waals surface area contributed by atoms with Gasteiger partial charge in [0.2, 0.25) is 0 Å². The Labute approximate surface area is 134 Å². The molecule has 100 valence electrons. The van der Waals surface area contributed by atoms with Crippen LogP contribution in [0, 0.1) is 0 Å². The SMILES string of the molecule is Clc1ccc(P(c2ccccc2)C2C=CC=C2)c(Br)c1. The van der Waals surface area contributed by atoms with Crippen LogP contribution in [-0.2, 0) is 0 Å². The lowest BCUT2D eigenvalue weighted by atomic mass is 10.4. The van der Waals surface area contributed by atoms with E-state index in [1.165, 1.54) is 10.6 Å². The minimum atomic E-state index is -0.464. The van der Waals surface area contributed by atoms with Crippen molar-refractivity contribution in [3.05, 3.63) is 82.3 Å². The van der Waals surface area contributed by atoms with E-state index < -0.39 is 7.92 Å². The highest BCUT2D eigenvalue weighted by Gasteiger charge is 2.23. The van der Waals surface area contributed by atoms with E-state index in [0.717, 1.165) is 9.50 Å². The molecule has 0 saturated carbocycles. The van der Waals surface area contributed by atoms with Gasteiger partial charge in [-0.2, -0.15) is 0 Å². The van der Waals surface area contributed by atoms with Crippen LogP contribution >= 0.6 is 35.5 Å². The fourth-order valence-electron chi connectivity index (χ4n) is 2.33. The van der Waals surface area contributed by atoms with Crippen LogP contribution in [0.4, 0.5) is 0 Å². The van der Waals surface area contributed by atoms with Crippen molar-refractivity contribution in [2.45, 2.75) is 5.66 Å². The minimum Gasteiger partial charge on any atom is -0.0843 e. The maximum atomic E-state index is 6.08. The van der Waals surface area contributed by atoms with E-state index in [0.29, 0.717) is 5.66 Å². The Morgan fingerprint density at radius 3 is 2.30 bits per heavy atom. The van der Waals surface area contributed by atoms with E-state index in [-0.39, 0.29) is 0 Å². The second-order valence-corrected chi connectivity index (χ2v) is 8.19. The molecule has 1 aliphatic carbocycles. The normalized spacial score (nSPS) is 15.7. The molecule has 3 heteroatoms. The van der Waals surface area contributed by atoms with E-state index in [4.69, 9.17) is 11.6 Å². The van der Waals surface area contributed by atoms with E-state index in [9.17, 15) is 0 Å². The predicted molar refractivity (Wildman–Crippen MR) is 93.9 cm³/mol. The standard InChI is InChI=1S/C17H13BrClP/c18-16-12-13(19)10-11-17(16)20(15-8-4-5-9-15)14-6-2-1-3-7-14/h1-12,15H. The van der Waals surface area contributed by atoms with Gasteiger partial charge in [0.05, 0.1) is 0 Å². The van der Waals surface area contributed by atoms with Crippen molar-refractivity contribution >= 4 is 46.1 Å². The second kappa shape index (κ2) is 6.26. The smallest absolute Gasteiger partial charge is 0.0417 e. The van der Waals surface area contributed by atoms with Gasteiger partial charge in [0.25, 0.3) is 0 Å². The van der Waals surface area contributed by atoms with Gasteiger partial charge in [0.1, 0.15) is 0 Å². The summed E-state index contributed by atoms with van der Waals surface area (Å²) < 4.78 is 1.09. The Morgan fingerprint density at radius 2 is 1.65 bits per heavy atom. The van der Waals surface area contributed by atoms with E-state index in [1.807, 2.05) is 12.1 Å². The molecule has 20 heavy (non-hydrogen) atoms. The lowest BCUT2D eigenvalue weighted by Gasteiger charge is -2.24. The molecule has 1 unspecified atom stereocenters. The van der Waals surface area contributed by atoms with Gasteiger partial charge in [-0.15, -0.1) is 0 Å². The van der Waals surface area contributed by atoms with Crippen LogP contribution < -0.4 is 10.6 Å². The molecule has 0 bridgehead atoms. The summed E-state index contributed by atoms with van der Waals surface area (Å²) in [5.41, 5.74) is 0.449. The highest BCUT2D eigenvalue weighted by Crippen LogP contribution is 2.44. The fourth-order valence-corrected chi connectivity index (χ4v) is 6.09. The molecule has 0 aromatic heterocycles. The van der Waals surface area contributed by atoms with Crippen molar-refractivity contribution in [3.8, 4) is 0 Å². The fraction of sp³-hybridized carbons (Fsp3) is 0.0588. The van der Waals surface area contributed by atoms with Gasteiger partial charge in [-0.1, -0.05) is 88.2 Å². The molecule has 0 radical (unpaired) electrons. The number of hydrogen-bond donors (Lipinski definition) is 0. The molecule has 0 spiro atoms. The highest BCUT2D eigenvalue weighted by atomic mass is 79.9. The van der Waals surface area contributed by atoms with Gasteiger partial charge in [0, 0.05) is 15.2 Å². The van der Waals surface area contributed by atoms with Crippen LogP contribution in [0.25, 0.3) is 0 Å². The summed E-state index contributed by atoms with van der Waals surface area (Å²) >= 11 is 9.75. The first-order valence-corrected chi connectivity index (χ1v) is 8.98. The molecular weight excluding hydrogens is 351 g/mol. The largest absolute Gasteiger partial charge is 0.0843 e. The summed E-state index contributed by atoms with van der Waals surface area (Å²) in [5.74, 6) is 0. The predicted octanol–water partition coefficient (Wildman–Crippen LogP) is 5.03.